The number of nitrogens with zero attached hydrogens (tertiary/aromatic N) is 1. The van der Waals surface area contributed by atoms with Gasteiger partial charge in [-0.15, -0.1) is 0 Å². The summed E-state index contributed by atoms with van der Waals surface area (Å²) in [4.78, 5) is 0. The quantitative estimate of drug-likeness (QED) is 0.513. The molecule has 0 bridgehead atoms. The highest BCUT2D eigenvalue weighted by Crippen LogP contribution is 2.10. The maximum absolute atomic E-state index is 4.64. The van der Waals surface area contributed by atoms with E-state index in [1.807, 2.05) is 6.26 Å². The molecule has 1 aromatic rings. The van der Waals surface area contributed by atoms with Crippen LogP contribution in [0.3, 0.4) is 0 Å². The third-order valence-electron chi connectivity index (χ3n) is 0.572. The zero-order chi connectivity index (χ0) is 5.11. The van der Waals surface area contributed by atoms with Crippen molar-refractivity contribution >= 4 is 11.8 Å². The van der Waals surface area contributed by atoms with Crippen molar-refractivity contribution in [2.45, 2.75) is 5.09 Å². The van der Waals surface area contributed by atoms with Gasteiger partial charge in [0.2, 0.25) is 0 Å². The van der Waals surface area contributed by atoms with E-state index in [2.05, 4.69) is 15.9 Å². The van der Waals surface area contributed by atoms with E-state index in [1.165, 1.54) is 11.8 Å². The average molecular weight is 114 g/mol. The molecule has 1 aromatic heterocycles. The zero-order valence-corrected chi connectivity index (χ0v) is 4.66. The molecule has 0 aromatic carbocycles. The van der Waals surface area contributed by atoms with Crippen molar-refractivity contribution in [3.8, 4) is 0 Å². The molecule has 2 nitrogen and oxygen atoms in total. The minimum atomic E-state index is 0.806. The zero-order valence-electron chi connectivity index (χ0n) is 3.84. The number of hydrogen-bond acceptors (Lipinski definition) is 3. The Morgan fingerprint density at radius 3 is 3.14 bits per heavy atom. The van der Waals surface area contributed by atoms with Crippen LogP contribution in [0.4, 0.5) is 0 Å². The summed E-state index contributed by atoms with van der Waals surface area (Å²) in [6.07, 6.45) is 4.47. The summed E-state index contributed by atoms with van der Waals surface area (Å²) in [6.45, 7) is 0. The van der Waals surface area contributed by atoms with Gasteiger partial charge >= 0.3 is 0 Å². The molecule has 0 aliphatic heterocycles. The van der Waals surface area contributed by atoms with Gasteiger partial charge < -0.3 is 4.52 Å². The van der Waals surface area contributed by atoms with E-state index in [9.17, 15) is 0 Å². The van der Waals surface area contributed by atoms with Crippen molar-refractivity contribution in [1.29, 1.82) is 0 Å². The lowest BCUT2D eigenvalue weighted by Crippen LogP contribution is -1.52. The summed E-state index contributed by atoms with van der Waals surface area (Å²) in [6, 6.07) is 1.70. The van der Waals surface area contributed by atoms with Crippen LogP contribution in [-0.4, -0.2) is 11.4 Å². The fourth-order valence-corrected chi connectivity index (χ4v) is 0.555. The summed E-state index contributed by atoms with van der Waals surface area (Å²) in [7, 11) is 0. The Kier molecular flexibility index (Phi) is 1.36. The van der Waals surface area contributed by atoms with Gasteiger partial charge in [0.25, 0.3) is 0 Å². The molecule has 0 amide bonds. The molecule has 0 saturated heterocycles. The molecule has 1 radical (unpaired) electrons. The molecular formula is C4H4NOS. The molecular weight excluding hydrogens is 110 g/mol. The molecule has 0 N–H and O–H groups in total. The van der Waals surface area contributed by atoms with E-state index in [1.54, 1.807) is 6.07 Å². The predicted molar refractivity (Wildman–Crippen MR) is 27.1 cm³/mol. The molecule has 0 saturated carbocycles. The highest BCUT2D eigenvalue weighted by atomic mass is 32.2. The van der Waals surface area contributed by atoms with Gasteiger partial charge in [-0.05, 0) is 6.26 Å². The van der Waals surface area contributed by atoms with Crippen LogP contribution in [0.2, 0.25) is 0 Å². The standard InChI is InChI=1S/C4H4NOS/c1-7-4-2-3-5-6-4/h2H,1H3. The highest BCUT2D eigenvalue weighted by Gasteiger charge is 1.88. The van der Waals surface area contributed by atoms with Gasteiger partial charge in [-0.2, -0.15) is 0 Å². The normalized spacial score (nSPS) is 9.29. The van der Waals surface area contributed by atoms with E-state index in [4.69, 9.17) is 0 Å². The average Bonchev–Trinajstić information content (AvgIpc) is 2.14. The SMILES string of the molecule is CSc1c[c]no1. The molecule has 0 aliphatic carbocycles. The van der Waals surface area contributed by atoms with E-state index in [0.717, 1.165) is 5.09 Å². The van der Waals surface area contributed by atoms with Gasteiger partial charge in [0.1, 0.15) is 6.20 Å². The van der Waals surface area contributed by atoms with Crippen molar-refractivity contribution < 1.29 is 4.52 Å². The van der Waals surface area contributed by atoms with E-state index < -0.39 is 0 Å². The number of hydrogen-bond donors (Lipinski definition) is 0. The summed E-state index contributed by atoms with van der Waals surface area (Å²) in [5.74, 6) is 0. The molecule has 1 rings (SSSR count). The molecule has 0 unspecified atom stereocenters. The predicted octanol–water partition coefficient (Wildman–Crippen LogP) is 1.20. The van der Waals surface area contributed by atoms with Crippen molar-refractivity contribution in [2.75, 3.05) is 6.26 Å². The van der Waals surface area contributed by atoms with E-state index in [0.29, 0.717) is 0 Å². The summed E-state index contributed by atoms with van der Waals surface area (Å²) in [5.41, 5.74) is 0. The fourth-order valence-electron chi connectivity index (χ4n) is 0.273. The van der Waals surface area contributed by atoms with Gasteiger partial charge in [0.15, 0.2) is 5.09 Å². The van der Waals surface area contributed by atoms with Gasteiger partial charge in [-0.25, -0.2) is 0 Å². The smallest absolute Gasteiger partial charge is 0.193 e. The summed E-state index contributed by atoms with van der Waals surface area (Å²) >= 11 is 1.52. The van der Waals surface area contributed by atoms with Crippen LogP contribution in [-0.2, 0) is 0 Å². The van der Waals surface area contributed by atoms with Gasteiger partial charge in [-0.1, -0.05) is 16.9 Å². The first kappa shape index (κ1) is 4.71. The Hall–Kier alpha value is -0.440. The Labute approximate surface area is 45.9 Å². The fraction of sp³-hybridized carbons (Fsp3) is 0.250. The Balaban J connectivity index is 2.76. The van der Waals surface area contributed by atoms with Crippen LogP contribution < -0.4 is 0 Å². The third-order valence-corrected chi connectivity index (χ3v) is 1.17. The Morgan fingerprint density at radius 2 is 2.86 bits per heavy atom. The largest absolute Gasteiger partial charge is 0.349 e. The maximum Gasteiger partial charge on any atom is 0.193 e. The monoisotopic (exact) mass is 114 g/mol. The second kappa shape index (κ2) is 2.02. The second-order valence-corrected chi connectivity index (χ2v) is 1.79. The van der Waals surface area contributed by atoms with Crippen LogP contribution in [0.5, 0.6) is 0 Å². The third kappa shape index (κ3) is 0.962. The maximum atomic E-state index is 4.64. The Morgan fingerprint density at radius 1 is 2.00 bits per heavy atom. The van der Waals surface area contributed by atoms with Crippen molar-refractivity contribution in [3.63, 3.8) is 0 Å². The Bertz CT molecular complexity index is 126. The minimum absolute atomic E-state index is 0.806. The number of rotatable bonds is 1. The summed E-state index contributed by atoms with van der Waals surface area (Å²) < 4.78 is 4.64. The molecule has 37 valence electrons. The number of thioether (sulfide) groups is 1. The van der Waals surface area contributed by atoms with Gasteiger partial charge in [-0.3, -0.25) is 0 Å². The van der Waals surface area contributed by atoms with Gasteiger partial charge in [0.05, 0.1) is 0 Å². The van der Waals surface area contributed by atoms with Crippen molar-refractivity contribution in [3.05, 3.63) is 12.3 Å². The van der Waals surface area contributed by atoms with E-state index >= 15 is 0 Å². The van der Waals surface area contributed by atoms with Crippen LogP contribution in [0.15, 0.2) is 15.7 Å². The van der Waals surface area contributed by atoms with Crippen LogP contribution in [0.1, 0.15) is 0 Å². The van der Waals surface area contributed by atoms with Crippen LogP contribution in [0, 0.1) is 6.20 Å². The molecule has 3 heteroatoms. The lowest BCUT2D eigenvalue weighted by atomic mass is 10.8. The van der Waals surface area contributed by atoms with Gasteiger partial charge in [0, 0.05) is 6.07 Å². The second-order valence-electron chi connectivity index (χ2n) is 0.979. The lowest BCUT2D eigenvalue weighted by molar-refractivity contribution is 0.349. The first-order chi connectivity index (χ1) is 3.43. The summed E-state index contributed by atoms with van der Waals surface area (Å²) in [5, 5.41) is 4.18. The number of aromatic nitrogens is 1. The molecule has 1 heterocycles. The highest BCUT2D eigenvalue weighted by molar-refractivity contribution is 7.98. The van der Waals surface area contributed by atoms with Crippen LogP contribution in [0.25, 0.3) is 0 Å². The first-order valence-electron chi connectivity index (χ1n) is 1.80. The van der Waals surface area contributed by atoms with E-state index in [-0.39, 0.29) is 0 Å². The molecule has 0 aliphatic rings. The first-order valence-corrected chi connectivity index (χ1v) is 3.02. The molecule has 0 fully saturated rings. The molecule has 7 heavy (non-hydrogen) atoms. The molecule has 0 spiro atoms. The minimum Gasteiger partial charge on any atom is -0.349 e. The van der Waals surface area contributed by atoms with Crippen molar-refractivity contribution in [2.24, 2.45) is 0 Å². The topological polar surface area (TPSA) is 26.0 Å². The van der Waals surface area contributed by atoms with Crippen molar-refractivity contribution in [1.82, 2.24) is 5.16 Å². The molecule has 0 atom stereocenters. The lowest BCUT2D eigenvalue weighted by Gasteiger charge is -1.76. The van der Waals surface area contributed by atoms with Crippen LogP contribution >= 0.6 is 11.8 Å².